The fourth-order valence-electron chi connectivity index (χ4n) is 9.85. The summed E-state index contributed by atoms with van der Waals surface area (Å²) >= 11 is 0. The van der Waals surface area contributed by atoms with Crippen LogP contribution in [0.1, 0.15) is 73.1 Å². The number of allylic oxidation sites excluding steroid dienone is 1. The summed E-state index contributed by atoms with van der Waals surface area (Å²) in [5.74, 6) is 1.07. The molecule has 7 nitrogen and oxygen atoms in total. The summed E-state index contributed by atoms with van der Waals surface area (Å²) in [6, 6.07) is 0. The van der Waals surface area contributed by atoms with E-state index in [4.69, 9.17) is 14.2 Å². The van der Waals surface area contributed by atoms with Crippen molar-refractivity contribution in [3.05, 3.63) is 23.3 Å². The van der Waals surface area contributed by atoms with Crippen LogP contribution >= 0.6 is 0 Å². The number of hydrogen-bond acceptors (Lipinski definition) is 7. The minimum absolute atomic E-state index is 0.0283. The SMILES string of the molecule is CC(=O)OCC1=C(C)CC([C@@H](C)[C@H]2CC[C@H]3[C@@H]4C[C@H]5O[C@]56[C@H](O)C=CC(=O)[C@]6(C)[C@H]4CC[C@]23C)OC1=O. The number of epoxide rings is 1. The molecule has 0 aromatic heterocycles. The number of hydrogen-bond donors (Lipinski definition) is 1. The van der Waals surface area contributed by atoms with E-state index in [-0.39, 0.29) is 47.8 Å². The summed E-state index contributed by atoms with van der Waals surface area (Å²) in [5, 5.41) is 10.9. The highest BCUT2D eigenvalue weighted by molar-refractivity contribution is 5.98. The minimum atomic E-state index is -0.733. The maximum atomic E-state index is 13.3. The van der Waals surface area contributed by atoms with Gasteiger partial charge in [-0.15, -0.1) is 0 Å². The number of fused-ring (bicyclic) bond motifs is 4. The van der Waals surface area contributed by atoms with Crippen molar-refractivity contribution in [2.24, 2.45) is 40.4 Å². The molecule has 2 aliphatic heterocycles. The molecule has 1 N–H and O–H groups in total. The van der Waals surface area contributed by atoms with Crippen molar-refractivity contribution in [2.45, 2.75) is 97.1 Å². The van der Waals surface area contributed by atoms with Crippen molar-refractivity contribution >= 4 is 17.7 Å². The van der Waals surface area contributed by atoms with Crippen LogP contribution in [0.3, 0.4) is 0 Å². The molecule has 0 amide bonds. The predicted molar refractivity (Wildman–Crippen MR) is 134 cm³/mol. The van der Waals surface area contributed by atoms with Gasteiger partial charge in [0.05, 0.1) is 17.1 Å². The van der Waals surface area contributed by atoms with Crippen molar-refractivity contribution in [2.75, 3.05) is 6.61 Å². The van der Waals surface area contributed by atoms with Gasteiger partial charge < -0.3 is 19.3 Å². The lowest BCUT2D eigenvalue weighted by molar-refractivity contribution is -0.156. The van der Waals surface area contributed by atoms with Gasteiger partial charge in [-0.1, -0.05) is 19.4 Å². The number of aliphatic hydroxyl groups is 1. The van der Waals surface area contributed by atoms with Crippen LogP contribution in [0.15, 0.2) is 23.3 Å². The molecule has 7 heteroatoms. The zero-order valence-corrected chi connectivity index (χ0v) is 22.6. The Morgan fingerprint density at radius 2 is 1.97 bits per heavy atom. The highest BCUT2D eigenvalue weighted by Gasteiger charge is 2.80. The molecule has 0 bridgehead atoms. The number of carbonyl (C=O) groups excluding carboxylic acids is 3. The van der Waals surface area contributed by atoms with Crippen LogP contribution in [0.2, 0.25) is 0 Å². The number of esters is 2. The van der Waals surface area contributed by atoms with E-state index in [0.29, 0.717) is 29.7 Å². The van der Waals surface area contributed by atoms with Gasteiger partial charge in [-0.25, -0.2) is 4.79 Å². The Kier molecular flexibility index (Phi) is 5.64. The molecule has 202 valence electrons. The second kappa shape index (κ2) is 8.25. The molecule has 4 aliphatic carbocycles. The first-order chi connectivity index (χ1) is 17.4. The second-order valence-electron chi connectivity index (χ2n) is 13.2. The predicted octanol–water partition coefficient (Wildman–Crippen LogP) is 3.92. The molecule has 0 aromatic carbocycles. The van der Waals surface area contributed by atoms with Crippen LogP contribution in [0.25, 0.3) is 0 Å². The fraction of sp³-hybridized carbons (Fsp3) is 0.767. The summed E-state index contributed by atoms with van der Waals surface area (Å²) in [4.78, 5) is 37.4. The molecular weight excluding hydrogens is 472 g/mol. The summed E-state index contributed by atoms with van der Waals surface area (Å²) in [6.07, 6.45) is 8.05. The third kappa shape index (κ3) is 3.28. The molecule has 37 heavy (non-hydrogen) atoms. The number of rotatable bonds is 4. The first-order valence-corrected chi connectivity index (χ1v) is 14.1. The number of carbonyl (C=O) groups is 3. The Morgan fingerprint density at radius 1 is 1.22 bits per heavy atom. The molecular formula is C30H40O7. The first-order valence-electron chi connectivity index (χ1n) is 14.1. The Morgan fingerprint density at radius 3 is 2.68 bits per heavy atom. The van der Waals surface area contributed by atoms with Crippen LogP contribution < -0.4 is 0 Å². The van der Waals surface area contributed by atoms with Crippen molar-refractivity contribution in [3.8, 4) is 0 Å². The van der Waals surface area contributed by atoms with Gasteiger partial charge >= 0.3 is 11.9 Å². The van der Waals surface area contributed by atoms with Gasteiger partial charge in [0.25, 0.3) is 0 Å². The second-order valence-corrected chi connectivity index (χ2v) is 13.2. The topological polar surface area (TPSA) is 102 Å². The maximum absolute atomic E-state index is 13.3. The van der Waals surface area contributed by atoms with Gasteiger partial charge in [-0.2, -0.15) is 0 Å². The highest BCUT2D eigenvalue weighted by Crippen LogP contribution is 2.73. The largest absolute Gasteiger partial charge is 0.461 e. The lowest BCUT2D eigenvalue weighted by atomic mass is 9.44. The van der Waals surface area contributed by atoms with Gasteiger partial charge in [0, 0.05) is 13.3 Å². The number of ether oxygens (including phenoxy) is 3. The monoisotopic (exact) mass is 512 g/mol. The quantitative estimate of drug-likeness (QED) is 0.450. The summed E-state index contributed by atoms with van der Waals surface area (Å²) in [7, 11) is 0. The van der Waals surface area contributed by atoms with Crippen LogP contribution in [-0.2, 0) is 28.6 Å². The van der Waals surface area contributed by atoms with E-state index >= 15 is 0 Å². The van der Waals surface area contributed by atoms with E-state index in [1.807, 2.05) is 6.92 Å². The average molecular weight is 513 g/mol. The zero-order chi connectivity index (χ0) is 26.5. The van der Waals surface area contributed by atoms with Crippen LogP contribution in [-0.4, -0.2) is 53.3 Å². The van der Waals surface area contributed by atoms with Crippen molar-refractivity contribution < 1.29 is 33.7 Å². The Bertz CT molecular complexity index is 1110. The van der Waals surface area contributed by atoms with Gasteiger partial charge in [0.2, 0.25) is 0 Å². The van der Waals surface area contributed by atoms with Crippen molar-refractivity contribution in [3.63, 3.8) is 0 Å². The summed E-state index contributed by atoms with van der Waals surface area (Å²) in [6.45, 7) is 9.97. The van der Waals surface area contributed by atoms with E-state index in [1.54, 1.807) is 12.2 Å². The number of ketones is 1. The Hall–Kier alpha value is -1.99. The van der Waals surface area contributed by atoms with Crippen molar-refractivity contribution in [1.29, 1.82) is 0 Å². The van der Waals surface area contributed by atoms with E-state index < -0.39 is 23.1 Å². The van der Waals surface area contributed by atoms with Gasteiger partial charge in [0.15, 0.2) is 5.78 Å². The normalized spacial score (nSPS) is 48.9. The third-order valence-electron chi connectivity index (χ3n) is 11.9. The molecule has 0 aromatic rings. The molecule has 1 unspecified atom stereocenters. The maximum Gasteiger partial charge on any atom is 0.337 e. The number of aliphatic hydroxyl groups excluding tert-OH is 1. The van der Waals surface area contributed by atoms with E-state index in [0.717, 1.165) is 37.7 Å². The van der Waals surface area contributed by atoms with Crippen LogP contribution in [0, 0.1) is 40.4 Å². The summed E-state index contributed by atoms with van der Waals surface area (Å²) < 4.78 is 17.3. The lowest BCUT2D eigenvalue weighted by Crippen LogP contribution is -2.63. The fourth-order valence-corrected chi connectivity index (χ4v) is 9.85. The standard InChI is InChI=1S/C30H40O7/c1-15-12-23(36-27(34)19(15)14-35-17(3)31)16(2)20-6-7-21-18-13-26-30(37-26)25(33)9-8-24(32)29(30,5)22(18)10-11-28(20,21)4/h8-9,16,18,20-23,25-26,33H,6-7,10-14H2,1-5H3/t16-,18-,20+,21-,22-,23?,25+,26+,28+,29-,30+/m0/s1. The smallest absolute Gasteiger partial charge is 0.337 e. The molecule has 1 saturated heterocycles. The van der Waals surface area contributed by atoms with E-state index in [9.17, 15) is 19.5 Å². The highest BCUT2D eigenvalue weighted by atomic mass is 16.6. The van der Waals surface area contributed by atoms with Gasteiger partial charge in [-0.05, 0) is 93.1 Å². The third-order valence-corrected chi connectivity index (χ3v) is 11.9. The molecule has 6 aliphatic rings. The van der Waals surface area contributed by atoms with Gasteiger partial charge in [0.1, 0.15) is 24.4 Å². The minimum Gasteiger partial charge on any atom is -0.461 e. The number of cyclic esters (lactones) is 1. The molecule has 3 saturated carbocycles. The van der Waals surface area contributed by atoms with E-state index in [2.05, 4.69) is 20.8 Å². The lowest BCUT2D eigenvalue weighted by Gasteiger charge is -2.58. The summed E-state index contributed by atoms with van der Waals surface area (Å²) in [5.41, 5.74) is 0.121. The molecule has 2 heterocycles. The van der Waals surface area contributed by atoms with Crippen molar-refractivity contribution in [1.82, 2.24) is 0 Å². The Balaban J connectivity index is 1.22. The Labute approximate surface area is 219 Å². The van der Waals surface area contributed by atoms with Gasteiger partial charge in [-0.3, -0.25) is 9.59 Å². The molecule has 6 rings (SSSR count). The van der Waals surface area contributed by atoms with Crippen LogP contribution in [0.4, 0.5) is 0 Å². The molecule has 11 atom stereocenters. The molecule has 4 fully saturated rings. The van der Waals surface area contributed by atoms with E-state index in [1.165, 1.54) is 6.92 Å². The molecule has 0 radical (unpaired) electrons. The van der Waals surface area contributed by atoms with Crippen LogP contribution in [0.5, 0.6) is 0 Å². The first kappa shape index (κ1) is 25.3. The average Bonchev–Trinajstić information content (AvgIpc) is 3.47. The molecule has 1 spiro atoms. The zero-order valence-electron chi connectivity index (χ0n) is 22.6.